The van der Waals surface area contributed by atoms with E-state index in [2.05, 4.69) is 5.32 Å². The van der Waals surface area contributed by atoms with Crippen molar-refractivity contribution in [3.8, 4) is 0 Å². The maximum atomic E-state index is 12.0. The number of carboxylic acids is 1. The van der Waals surface area contributed by atoms with Crippen molar-refractivity contribution in [3.05, 3.63) is 0 Å². The van der Waals surface area contributed by atoms with Gasteiger partial charge in [-0.3, -0.25) is 4.79 Å². The number of carboxylic acid groups (broad SMARTS) is 1. The summed E-state index contributed by atoms with van der Waals surface area (Å²) in [5.41, 5.74) is 0. The van der Waals surface area contributed by atoms with Crippen molar-refractivity contribution >= 4 is 11.9 Å². The third-order valence-corrected chi connectivity index (χ3v) is 3.53. The van der Waals surface area contributed by atoms with Gasteiger partial charge in [-0.05, 0) is 19.0 Å². The Morgan fingerprint density at radius 1 is 1.47 bits per heavy atom. The van der Waals surface area contributed by atoms with Crippen LogP contribution >= 0.6 is 0 Å². The summed E-state index contributed by atoms with van der Waals surface area (Å²) in [7, 11) is 1.55. The maximum Gasteiger partial charge on any atom is 0.326 e. The van der Waals surface area contributed by atoms with Gasteiger partial charge in [-0.2, -0.15) is 0 Å². The van der Waals surface area contributed by atoms with E-state index in [1.807, 2.05) is 0 Å². The van der Waals surface area contributed by atoms with Gasteiger partial charge >= 0.3 is 5.97 Å². The number of rotatable bonds is 4. The molecular formula is C11H18N2O4. The first kappa shape index (κ1) is 12.3. The van der Waals surface area contributed by atoms with Gasteiger partial charge in [0.2, 0.25) is 5.91 Å². The van der Waals surface area contributed by atoms with Gasteiger partial charge in [0.15, 0.2) is 0 Å². The third kappa shape index (κ3) is 2.58. The number of aliphatic carboxylic acids is 1. The summed E-state index contributed by atoms with van der Waals surface area (Å²) >= 11 is 0. The molecule has 0 aromatic heterocycles. The molecule has 96 valence electrons. The molecule has 0 aromatic rings. The molecule has 2 heterocycles. The molecule has 17 heavy (non-hydrogen) atoms. The molecule has 0 bridgehead atoms. The molecule has 0 spiro atoms. The molecule has 0 aliphatic carbocycles. The zero-order valence-electron chi connectivity index (χ0n) is 9.89. The van der Waals surface area contributed by atoms with Gasteiger partial charge in [0.1, 0.15) is 6.04 Å². The van der Waals surface area contributed by atoms with E-state index in [1.165, 1.54) is 4.90 Å². The van der Waals surface area contributed by atoms with Crippen LogP contribution in [0.1, 0.15) is 12.8 Å². The Morgan fingerprint density at radius 2 is 2.18 bits per heavy atom. The summed E-state index contributed by atoms with van der Waals surface area (Å²) in [6.45, 7) is 2.10. The second kappa shape index (κ2) is 5.01. The van der Waals surface area contributed by atoms with E-state index in [0.29, 0.717) is 25.3 Å². The van der Waals surface area contributed by atoms with E-state index in [4.69, 9.17) is 9.84 Å². The number of hydrogen-bond donors (Lipinski definition) is 2. The van der Waals surface area contributed by atoms with Gasteiger partial charge in [-0.25, -0.2) is 4.79 Å². The Hall–Kier alpha value is -1.14. The number of likely N-dealkylation sites (tertiary alicyclic amines) is 1. The molecule has 2 N–H and O–H groups in total. The fourth-order valence-corrected chi connectivity index (χ4v) is 2.33. The van der Waals surface area contributed by atoms with Crippen molar-refractivity contribution in [2.75, 3.05) is 26.7 Å². The van der Waals surface area contributed by atoms with Crippen LogP contribution in [0.15, 0.2) is 0 Å². The molecule has 1 amide bonds. The highest BCUT2D eigenvalue weighted by Gasteiger charge is 2.40. The lowest BCUT2D eigenvalue weighted by Gasteiger charge is -2.29. The van der Waals surface area contributed by atoms with E-state index in [0.717, 1.165) is 13.1 Å². The van der Waals surface area contributed by atoms with Crippen molar-refractivity contribution in [2.24, 2.45) is 5.92 Å². The summed E-state index contributed by atoms with van der Waals surface area (Å²) < 4.78 is 5.15. The second-order valence-corrected chi connectivity index (χ2v) is 4.72. The van der Waals surface area contributed by atoms with Crippen molar-refractivity contribution in [3.63, 3.8) is 0 Å². The highest BCUT2D eigenvalue weighted by atomic mass is 16.5. The number of carbonyl (C=O) groups is 2. The largest absolute Gasteiger partial charge is 0.480 e. The summed E-state index contributed by atoms with van der Waals surface area (Å²) in [4.78, 5) is 24.5. The molecule has 0 aromatic carbocycles. The van der Waals surface area contributed by atoms with Crippen molar-refractivity contribution in [1.82, 2.24) is 10.2 Å². The molecule has 2 rings (SSSR count). The van der Waals surface area contributed by atoms with Crippen LogP contribution in [0.2, 0.25) is 0 Å². The third-order valence-electron chi connectivity index (χ3n) is 3.53. The Kier molecular flexibility index (Phi) is 3.63. The van der Waals surface area contributed by atoms with Crippen molar-refractivity contribution < 1.29 is 19.4 Å². The Balaban J connectivity index is 1.96. The zero-order chi connectivity index (χ0) is 12.4. The normalized spacial score (nSPS) is 29.1. The zero-order valence-corrected chi connectivity index (χ0v) is 9.89. The first-order chi connectivity index (χ1) is 8.11. The monoisotopic (exact) mass is 242 g/mol. The predicted molar refractivity (Wildman–Crippen MR) is 59.5 cm³/mol. The molecule has 2 unspecified atom stereocenters. The second-order valence-electron chi connectivity index (χ2n) is 4.72. The first-order valence-corrected chi connectivity index (χ1v) is 5.87. The lowest BCUT2D eigenvalue weighted by Crippen LogP contribution is -2.47. The Morgan fingerprint density at radius 3 is 2.65 bits per heavy atom. The number of amides is 1. The highest BCUT2D eigenvalue weighted by molar-refractivity contribution is 5.84. The molecule has 0 radical (unpaired) electrons. The first-order valence-electron chi connectivity index (χ1n) is 5.87. The fourth-order valence-electron chi connectivity index (χ4n) is 2.33. The van der Waals surface area contributed by atoms with Crippen LogP contribution in [0.4, 0.5) is 0 Å². The van der Waals surface area contributed by atoms with Crippen LogP contribution in [0, 0.1) is 5.92 Å². The van der Waals surface area contributed by atoms with Crippen LogP contribution in [0.3, 0.4) is 0 Å². The van der Waals surface area contributed by atoms with Crippen LogP contribution in [0.25, 0.3) is 0 Å². The molecule has 6 heteroatoms. The van der Waals surface area contributed by atoms with Gasteiger partial charge in [0, 0.05) is 26.5 Å². The number of nitrogens with one attached hydrogen (secondary N) is 1. The van der Waals surface area contributed by atoms with Gasteiger partial charge in [0.05, 0.1) is 6.10 Å². The van der Waals surface area contributed by atoms with Crippen LogP contribution in [-0.4, -0.2) is 60.8 Å². The summed E-state index contributed by atoms with van der Waals surface area (Å²) in [5, 5.41) is 12.2. The molecule has 2 aliphatic heterocycles. The summed E-state index contributed by atoms with van der Waals surface area (Å²) in [5.74, 6) is -0.647. The SMILES string of the molecule is COC1CC(C(=O)O)N(C(=O)CC2CNC2)C1. The average molecular weight is 242 g/mol. The number of methoxy groups -OCH3 is 1. The van der Waals surface area contributed by atoms with Crippen LogP contribution < -0.4 is 5.32 Å². The topological polar surface area (TPSA) is 78.9 Å². The van der Waals surface area contributed by atoms with Gasteiger partial charge in [-0.1, -0.05) is 0 Å². The summed E-state index contributed by atoms with van der Waals surface area (Å²) in [6.07, 6.45) is 0.674. The van der Waals surface area contributed by atoms with Crippen LogP contribution in [-0.2, 0) is 14.3 Å². The minimum absolute atomic E-state index is 0.0662. The maximum absolute atomic E-state index is 12.0. The van der Waals surface area contributed by atoms with E-state index in [9.17, 15) is 9.59 Å². The standard InChI is InChI=1S/C11H18N2O4/c1-17-8-3-9(11(15)16)13(6-8)10(14)2-7-4-12-5-7/h7-9,12H,2-6H2,1H3,(H,15,16). The quantitative estimate of drug-likeness (QED) is 0.681. The predicted octanol–water partition coefficient (Wildman–Crippen LogP) is -0.704. The fraction of sp³-hybridized carbons (Fsp3) is 0.818. The van der Waals surface area contributed by atoms with E-state index < -0.39 is 12.0 Å². The minimum atomic E-state index is -0.940. The number of hydrogen-bond acceptors (Lipinski definition) is 4. The molecule has 2 aliphatic rings. The number of carbonyl (C=O) groups excluding carboxylic acids is 1. The number of ether oxygens (including phenoxy) is 1. The molecule has 0 saturated carbocycles. The van der Waals surface area contributed by atoms with Crippen LogP contribution in [0.5, 0.6) is 0 Å². The van der Waals surface area contributed by atoms with Gasteiger partial charge in [-0.15, -0.1) is 0 Å². The van der Waals surface area contributed by atoms with E-state index in [1.54, 1.807) is 7.11 Å². The van der Waals surface area contributed by atoms with E-state index in [-0.39, 0.29) is 12.0 Å². The number of nitrogens with zero attached hydrogens (tertiary/aromatic N) is 1. The minimum Gasteiger partial charge on any atom is -0.480 e. The molecule has 2 saturated heterocycles. The molecule has 2 fully saturated rings. The smallest absolute Gasteiger partial charge is 0.326 e. The molecule has 2 atom stereocenters. The Bertz CT molecular complexity index is 317. The Labute approximate surface area is 99.9 Å². The average Bonchev–Trinajstić information content (AvgIpc) is 2.67. The van der Waals surface area contributed by atoms with Gasteiger partial charge in [0.25, 0.3) is 0 Å². The van der Waals surface area contributed by atoms with Crippen molar-refractivity contribution in [1.29, 1.82) is 0 Å². The van der Waals surface area contributed by atoms with E-state index >= 15 is 0 Å². The van der Waals surface area contributed by atoms with Crippen molar-refractivity contribution in [2.45, 2.75) is 25.0 Å². The molecule has 6 nitrogen and oxygen atoms in total. The summed E-state index contributed by atoms with van der Waals surface area (Å²) in [6, 6.07) is -0.722. The lowest BCUT2D eigenvalue weighted by atomic mass is 9.98. The van der Waals surface area contributed by atoms with Gasteiger partial charge < -0.3 is 20.1 Å². The lowest BCUT2D eigenvalue weighted by molar-refractivity contribution is -0.148. The highest BCUT2D eigenvalue weighted by Crippen LogP contribution is 2.23. The molecular weight excluding hydrogens is 224 g/mol.